The first kappa shape index (κ1) is 16.3. The second-order valence-electron chi connectivity index (χ2n) is 9.22. The number of nitrogens with one attached hydrogen (secondary N) is 1. The van der Waals surface area contributed by atoms with E-state index in [1.165, 1.54) is 45.3 Å². The van der Waals surface area contributed by atoms with Crippen LogP contribution in [0.25, 0.3) is 0 Å². The minimum absolute atomic E-state index is 0.499. The molecule has 2 heteroatoms. The molecule has 0 radical (unpaired) electrons. The summed E-state index contributed by atoms with van der Waals surface area (Å²) in [6.45, 7) is 18.3. The Kier molecular flexibility index (Phi) is 4.86. The Hall–Kier alpha value is -0.0800. The van der Waals surface area contributed by atoms with Gasteiger partial charge in [-0.25, -0.2) is 0 Å². The second kappa shape index (κ2) is 5.96. The van der Waals surface area contributed by atoms with Crippen LogP contribution in [0.15, 0.2) is 0 Å². The van der Waals surface area contributed by atoms with Crippen LogP contribution in [0.5, 0.6) is 0 Å². The predicted molar refractivity (Wildman–Crippen MR) is 88.0 cm³/mol. The fraction of sp³-hybridized carbons (Fsp3) is 1.00. The minimum Gasteiger partial charge on any atom is -0.312 e. The summed E-state index contributed by atoms with van der Waals surface area (Å²) >= 11 is 0. The normalized spacial score (nSPS) is 32.2. The van der Waals surface area contributed by atoms with Crippen LogP contribution in [0.2, 0.25) is 0 Å². The quantitative estimate of drug-likeness (QED) is 0.825. The monoisotopic (exact) mass is 280 g/mol. The Balaban J connectivity index is 2.08. The first-order valence-electron chi connectivity index (χ1n) is 8.66. The largest absolute Gasteiger partial charge is 0.312 e. The van der Waals surface area contributed by atoms with Gasteiger partial charge in [-0.15, -0.1) is 0 Å². The summed E-state index contributed by atoms with van der Waals surface area (Å²) in [5, 5.41) is 3.75. The number of hydrogen-bond acceptors (Lipinski definition) is 2. The van der Waals surface area contributed by atoms with Crippen molar-refractivity contribution in [2.45, 2.75) is 79.3 Å². The van der Waals surface area contributed by atoms with Crippen molar-refractivity contribution in [2.75, 3.05) is 19.6 Å². The van der Waals surface area contributed by atoms with E-state index in [2.05, 4.69) is 51.8 Å². The number of hydrogen-bond donors (Lipinski definition) is 1. The summed E-state index contributed by atoms with van der Waals surface area (Å²) in [6.07, 6.45) is 5.43. The summed E-state index contributed by atoms with van der Waals surface area (Å²) in [6, 6.07) is 1.46. The van der Waals surface area contributed by atoms with Gasteiger partial charge < -0.3 is 5.32 Å². The lowest BCUT2D eigenvalue weighted by molar-refractivity contribution is 0.0220. The zero-order valence-corrected chi connectivity index (χ0v) is 14.6. The average molecular weight is 280 g/mol. The first-order chi connectivity index (χ1) is 9.19. The highest BCUT2D eigenvalue weighted by atomic mass is 15.2. The molecule has 118 valence electrons. The third kappa shape index (κ3) is 4.21. The first-order valence-corrected chi connectivity index (χ1v) is 8.66. The van der Waals surface area contributed by atoms with E-state index in [1.807, 2.05) is 0 Å². The number of nitrogens with zero attached hydrogens (tertiary/aromatic N) is 1. The minimum atomic E-state index is 0.499. The van der Waals surface area contributed by atoms with E-state index in [-0.39, 0.29) is 0 Å². The van der Waals surface area contributed by atoms with Gasteiger partial charge in [-0.2, -0.15) is 0 Å². The van der Waals surface area contributed by atoms with Crippen molar-refractivity contribution in [3.05, 3.63) is 0 Å². The van der Waals surface area contributed by atoms with Crippen LogP contribution in [0.4, 0.5) is 0 Å². The Labute approximate surface area is 126 Å². The molecule has 2 fully saturated rings. The average Bonchev–Trinajstić information content (AvgIpc) is 2.49. The smallest absolute Gasteiger partial charge is 0.0218 e. The molecule has 0 spiro atoms. The maximum Gasteiger partial charge on any atom is 0.0218 e. The molecule has 0 amide bonds. The Bertz CT molecular complexity index is 303. The van der Waals surface area contributed by atoms with Crippen LogP contribution in [-0.2, 0) is 0 Å². The molecule has 1 aliphatic heterocycles. The van der Waals surface area contributed by atoms with Gasteiger partial charge in [0.05, 0.1) is 0 Å². The van der Waals surface area contributed by atoms with Crippen molar-refractivity contribution in [2.24, 2.45) is 16.7 Å². The molecule has 1 unspecified atom stereocenters. The van der Waals surface area contributed by atoms with Crippen LogP contribution >= 0.6 is 0 Å². The molecule has 1 heterocycles. The van der Waals surface area contributed by atoms with Crippen LogP contribution in [0, 0.1) is 16.7 Å². The zero-order chi connectivity index (χ0) is 15.0. The fourth-order valence-corrected chi connectivity index (χ4v) is 4.80. The van der Waals surface area contributed by atoms with Crippen molar-refractivity contribution in [3.63, 3.8) is 0 Å². The van der Waals surface area contributed by atoms with Crippen molar-refractivity contribution >= 4 is 0 Å². The van der Waals surface area contributed by atoms with E-state index in [4.69, 9.17) is 0 Å². The van der Waals surface area contributed by atoms with Crippen LogP contribution in [0.3, 0.4) is 0 Å². The molecule has 2 nitrogen and oxygen atoms in total. The highest BCUT2D eigenvalue weighted by Crippen LogP contribution is 2.47. The Morgan fingerprint density at radius 1 is 1.05 bits per heavy atom. The summed E-state index contributed by atoms with van der Waals surface area (Å²) in [5.41, 5.74) is 0.999. The maximum absolute atomic E-state index is 3.75. The van der Waals surface area contributed by atoms with Crippen molar-refractivity contribution in [3.8, 4) is 0 Å². The highest BCUT2D eigenvalue weighted by molar-refractivity contribution is 4.95. The van der Waals surface area contributed by atoms with Gasteiger partial charge in [0, 0.05) is 18.6 Å². The number of rotatable bonds is 2. The predicted octanol–water partition coefficient (Wildman–Crippen LogP) is 3.91. The van der Waals surface area contributed by atoms with Crippen LogP contribution < -0.4 is 5.32 Å². The lowest BCUT2D eigenvalue weighted by atomic mass is 9.63. The highest BCUT2D eigenvalue weighted by Gasteiger charge is 2.41. The molecule has 2 aliphatic rings. The molecule has 1 aliphatic carbocycles. The molecule has 1 saturated heterocycles. The molecule has 0 aromatic carbocycles. The molecule has 0 aromatic heterocycles. The van der Waals surface area contributed by atoms with E-state index in [0.29, 0.717) is 16.9 Å². The molecular formula is C18H36N2. The topological polar surface area (TPSA) is 15.3 Å². The summed E-state index contributed by atoms with van der Waals surface area (Å²) in [4.78, 5) is 2.81. The lowest BCUT2D eigenvalue weighted by Gasteiger charge is -2.49. The van der Waals surface area contributed by atoms with Gasteiger partial charge in [0.1, 0.15) is 0 Å². The van der Waals surface area contributed by atoms with E-state index in [9.17, 15) is 0 Å². The van der Waals surface area contributed by atoms with E-state index in [0.717, 1.165) is 12.0 Å². The van der Waals surface area contributed by atoms with Crippen molar-refractivity contribution in [1.82, 2.24) is 10.2 Å². The molecule has 0 aromatic rings. The van der Waals surface area contributed by atoms with Crippen molar-refractivity contribution < 1.29 is 0 Å². The Morgan fingerprint density at radius 3 is 2.20 bits per heavy atom. The third-order valence-electron chi connectivity index (χ3n) is 5.31. The SMILES string of the molecule is CC(C)C1CN(C2CC(C)(C)CC(C)(C)C2)CCCN1. The molecule has 2 rings (SSSR count). The second-order valence-corrected chi connectivity index (χ2v) is 9.22. The molecule has 20 heavy (non-hydrogen) atoms. The van der Waals surface area contributed by atoms with Gasteiger partial charge >= 0.3 is 0 Å². The zero-order valence-electron chi connectivity index (χ0n) is 14.6. The van der Waals surface area contributed by atoms with Crippen molar-refractivity contribution in [1.29, 1.82) is 0 Å². The summed E-state index contributed by atoms with van der Waals surface area (Å²) in [7, 11) is 0. The van der Waals surface area contributed by atoms with Gasteiger partial charge in [-0.3, -0.25) is 4.90 Å². The molecule has 1 N–H and O–H groups in total. The molecule has 0 bridgehead atoms. The van der Waals surface area contributed by atoms with Crippen LogP contribution in [-0.4, -0.2) is 36.6 Å². The summed E-state index contributed by atoms with van der Waals surface area (Å²) < 4.78 is 0. The molecule has 1 saturated carbocycles. The van der Waals surface area contributed by atoms with E-state index < -0.39 is 0 Å². The summed E-state index contributed by atoms with van der Waals surface area (Å²) in [5.74, 6) is 0.736. The van der Waals surface area contributed by atoms with E-state index >= 15 is 0 Å². The maximum atomic E-state index is 3.75. The fourth-order valence-electron chi connectivity index (χ4n) is 4.80. The lowest BCUT2D eigenvalue weighted by Crippen LogP contribution is -2.50. The van der Waals surface area contributed by atoms with Gasteiger partial charge in [0.15, 0.2) is 0 Å². The molecule has 1 atom stereocenters. The molecular weight excluding hydrogens is 244 g/mol. The van der Waals surface area contributed by atoms with Gasteiger partial charge in [-0.1, -0.05) is 41.5 Å². The van der Waals surface area contributed by atoms with Gasteiger partial charge in [0.2, 0.25) is 0 Å². The van der Waals surface area contributed by atoms with Gasteiger partial charge in [0.25, 0.3) is 0 Å². The standard InChI is InChI=1S/C18H36N2/c1-14(2)16-12-20(9-7-8-19-16)15-10-17(3,4)13-18(5,6)11-15/h14-16,19H,7-13H2,1-6H3. The van der Waals surface area contributed by atoms with Crippen LogP contribution in [0.1, 0.15) is 67.2 Å². The Morgan fingerprint density at radius 2 is 1.65 bits per heavy atom. The van der Waals surface area contributed by atoms with Gasteiger partial charge in [-0.05, 0) is 55.5 Å². The third-order valence-corrected chi connectivity index (χ3v) is 5.31. The van der Waals surface area contributed by atoms with E-state index in [1.54, 1.807) is 0 Å².